The van der Waals surface area contributed by atoms with E-state index in [0.717, 1.165) is 12.0 Å². The molecular weight excluding hydrogens is 460 g/mol. The fourth-order valence-corrected chi connectivity index (χ4v) is 3.64. The zero-order valence-electron chi connectivity index (χ0n) is 23.2. The van der Waals surface area contributed by atoms with Gasteiger partial charge in [0, 0.05) is 11.6 Å². The number of hydrogen-bond acceptors (Lipinski definition) is 5. The third-order valence-electron chi connectivity index (χ3n) is 5.44. The second kappa shape index (κ2) is 12.7. The van der Waals surface area contributed by atoms with Crippen molar-refractivity contribution in [3.05, 3.63) is 35.4 Å². The van der Waals surface area contributed by atoms with Gasteiger partial charge in [0.25, 0.3) is 0 Å². The van der Waals surface area contributed by atoms with Gasteiger partial charge in [0.1, 0.15) is 17.7 Å². The molecule has 0 bridgehead atoms. The van der Waals surface area contributed by atoms with Crippen LogP contribution in [0.5, 0.6) is 0 Å². The average molecular weight is 505 g/mol. The van der Waals surface area contributed by atoms with E-state index in [1.165, 1.54) is 4.90 Å². The molecule has 0 saturated heterocycles. The Kier molecular flexibility index (Phi) is 10.9. The first-order chi connectivity index (χ1) is 16.5. The standard InChI is InChI=1S/C27H44N4O5/c1-10-17(3)31(24(34)20(16-21(28)32)29-25(35)36-27(7,8)9)22(23(33)30-26(4,5)6)19-14-12-18(11-2)13-15-19/h12-15,17,20,22H,10-11,16H2,1-9H3,(H2,28,32)(H,29,35)(H,30,33). The summed E-state index contributed by atoms with van der Waals surface area (Å²) in [4.78, 5) is 53.4. The van der Waals surface area contributed by atoms with Crippen LogP contribution in [-0.2, 0) is 25.5 Å². The van der Waals surface area contributed by atoms with Crippen molar-refractivity contribution >= 4 is 23.8 Å². The highest BCUT2D eigenvalue weighted by atomic mass is 16.6. The molecular formula is C27H44N4O5. The predicted molar refractivity (Wildman–Crippen MR) is 140 cm³/mol. The number of hydrogen-bond donors (Lipinski definition) is 3. The van der Waals surface area contributed by atoms with Crippen LogP contribution in [0.25, 0.3) is 0 Å². The fourth-order valence-electron chi connectivity index (χ4n) is 3.64. The zero-order chi connectivity index (χ0) is 27.8. The van der Waals surface area contributed by atoms with Crippen LogP contribution in [0.4, 0.5) is 4.79 Å². The second-order valence-corrected chi connectivity index (χ2v) is 11.1. The lowest BCUT2D eigenvalue weighted by molar-refractivity contribution is -0.146. The highest BCUT2D eigenvalue weighted by molar-refractivity contribution is 5.94. The van der Waals surface area contributed by atoms with E-state index in [-0.39, 0.29) is 5.91 Å². The van der Waals surface area contributed by atoms with E-state index in [2.05, 4.69) is 10.6 Å². The van der Waals surface area contributed by atoms with E-state index in [0.29, 0.717) is 12.0 Å². The van der Waals surface area contributed by atoms with Crippen molar-refractivity contribution < 1.29 is 23.9 Å². The molecule has 202 valence electrons. The van der Waals surface area contributed by atoms with Crippen LogP contribution < -0.4 is 16.4 Å². The first kappa shape index (κ1) is 30.9. The van der Waals surface area contributed by atoms with Gasteiger partial charge < -0.3 is 26.0 Å². The van der Waals surface area contributed by atoms with Gasteiger partial charge in [-0.3, -0.25) is 14.4 Å². The number of ether oxygens (including phenoxy) is 1. The summed E-state index contributed by atoms with van der Waals surface area (Å²) >= 11 is 0. The molecule has 0 aliphatic rings. The monoisotopic (exact) mass is 504 g/mol. The number of rotatable bonds is 10. The van der Waals surface area contributed by atoms with Crippen LogP contribution in [0.3, 0.4) is 0 Å². The molecule has 1 aromatic rings. The summed E-state index contributed by atoms with van der Waals surface area (Å²) in [5.41, 5.74) is 5.78. The Morgan fingerprint density at radius 2 is 1.56 bits per heavy atom. The summed E-state index contributed by atoms with van der Waals surface area (Å²) in [6.45, 7) is 16.4. The molecule has 36 heavy (non-hydrogen) atoms. The van der Waals surface area contributed by atoms with Gasteiger partial charge in [0.2, 0.25) is 17.7 Å². The molecule has 0 spiro atoms. The molecule has 0 aromatic heterocycles. The number of carbonyl (C=O) groups excluding carboxylic acids is 4. The Hall–Kier alpha value is -3.10. The van der Waals surface area contributed by atoms with E-state index in [9.17, 15) is 19.2 Å². The number of nitrogens with two attached hydrogens (primary N) is 1. The van der Waals surface area contributed by atoms with Crippen molar-refractivity contribution in [3.8, 4) is 0 Å². The first-order valence-electron chi connectivity index (χ1n) is 12.5. The van der Waals surface area contributed by atoms with Gasteiger partial charge in [-0.2, -0.15) is 0 Å². The van der Waals surface area contributed by atoms with Gasteiger partial charge in [-0.1, -0.05) is 38.1 Å². The first-order valence-corrected chi connectivity index (χ1v) is 12.5. The Morgan fingerprint density at radius 1 is 1.00 bits per heavy atom. The number of carbonyl (C=O) groups is 4. The lowest BCUT2D eigenvalue weighted by Crippen LogP contribution is -2.57. The maximum atomic E-state index is 14.0. The van der Waals surface area contributed by atoms with Gasteiger partial charge in [0.05, 0.1) is 6.42 Å². The molecule has 0 fully saturated rings. The van der Waals surface area contributed by atoms with Gasteiger partial charge in [-0.25, -0.2) is 4.79 Å². The summed E-state index contributed by atoms with van der Waals surface area (Å²) in [6.07, 6.45) is 0.0728. The van der Waals surface area contributed by atoms with Crippen molar-refractivity contribution in [2.45, 2.75) is 111 Å². The third kappa shape index (κ3) is 9.87. The van der Waals surface area contributed by atoms with E-state index in [1.807, 2.05) is 65.8 Å². The van der Waals surface area contributed by atoms with E-state index in [4.69, 9.17) is 10.5 Å². The largest absolute Gasteiger partial charge is 0.444 e. The molecule has 0 radical (unpaired) electrons. The zero-order valence-corrected chi connectivity index (χ0v) is 23.2. The number of nitrogens with one attached hydrogen (secondary N) is 2. The summed E-state index contributed by atoms with van der Waals surface area (Å²) in [7, 11) is 0. The average Bonchev–Trinajstić information content (AvgIpc) is 2.73. The Labute approximate surface area is 215 Å². The van der Waals surface area contributed by atoms with Crippen molar-refractivity contribution in [2.24, 2.45) is 5.73 Å². The van der Waals surface area contributed by atoms with Crippen LogP contribution in [-0.4, -0.2) is 51.9 Å². The van der Waals surface area contributed by atoms with Crippen molar-refractivity contribution in [3.63, 3.8) is 0 Å². The molecule has 4 amide bonds. The predicted octanol–water partition coefficient (Wildman–Crippen LogP) is 3.60. The Balaban J connectivity index is 3.58. The van der Waals surface area contributed by atoms with Crippen LogP contribution in [0.2, 0.25) is 0 Å². The molecule has 4 N–H and O–H groups in total. The van der Waals surface area contributed by atoms with Crippen molar-refractivity contribution in [1.82, 2.24) is 15.5 Å². The number of primary amides is 1. The van der Waals surface area contributed by atoms with Gasteiger partial charge >= 0.3 is 6.09 Å². The maximum Gasteiger partial charge on any atom is 0.408 e. The SMILES string of the molecule is CCc1ccc(C(C(=O)NC(C)(C)C)N(C(=O)C(CC(N)=O)NC(=O)OC(C)(C)C)C(C)CC)cc1. The summed E-state index contributed by atoms with van der Waals surface area (Å²) in [5.74, 6) is -1.73. The molecule has 0 heterocycles. The van der Waals surface area contributed by atoms with Crippen molar-refractivity contribution in [2.75, 3.05) is 0 Å². The second-order valence-electron chi connectivity index (χ2n) is 11.1. The Morgan fingerprint density at radius 3 is 1.97 bits per heavy atom. The smallest absolute Gasteiger partial charge is 0.408 e. The minimum Gasteiger partial charge on any atom is -0.444 e. The number of alkyl carbamates (subject to hydrolysis) is 1. The van der Waals surface area contributed by atoms with Crippen LogP contribution in [0.1, 0.15) is 92.3 Å². The maximum absolute atomic E-state index is 14.0. The number of amides is 4. The lowest BCUT2D eigenvalue weighted by atomic mass is 9.97. The summed E-state index contributed by atoms with van der Waals surface area (Å²) in [6, 6.07) is 4.82. The van der Waals surface area contributed by atoms with Crippen molar-refractivity contribution in [1.29, 1.82) is 0 Å². The Bertz CT molecular complexity index is 916. The molecule has 1 rings (SSSR count). The molecule has 9 heteroatoms. The van der Waals surface area contributed by atoms with E-state index >= 15 is 0 Å². The topological polar surface area (TPSA) is 131 Å². The minimum atomic E-state index is -1.30. The normalized spacial score (nSPS) is 14.2. The highest BCUT2D eigenvalue weighted by Crippen LogP contribution is 2.28. The van der Waals surface area contributed by atoms with Gasteiger partial charge in [-0.05, 0) is 72.4 Å². The van der Waals surface area contributed by atoms with E-state index in [1.54, 1.807) is 20.8 Å². The molecule has 9 nitrogen and oxygen atoms in total. The van der Waals surface area contributed by atoms with Crippen LogP contribution in [0.15, 0.2) is 24.3 Å². The molecule has 1 aromatic carbocycles. The highest BCUT2D eigenvalue weighted by Gasteiger charge is 2.39. The quantitative estimate of drug-likeness (QED) is 0.448. The fraction of sp³-hybridized carbons (Fsp3) is 0.630. The molecule has 0 saturated carbocycles. The lowest BCUT2D eigenvalue weighted by Gasteiger charge is -2.39. The molecule has 3 unspecified atom stereocenters. The van der Waals surface area contributed by atoms with Gasteiger partial charge in [0.15, 0.2) is 0 Å². The number of aryl methyl sites for hydroxylation is 1. The summed E-state index contributed by atoms with van der Waals surface area (Å²) < 4.78 is 5.30. The minimum absolute atomic E-state index is 0.365. The third-order valence-corrected chi connectivity index (χ3v) is 5.44. The molecule has 0 aliphatic carbocycles. The van der Waals surface area contributed by atoms with E-state index < -0.39 is 53.6 Å². The number of nitrogens with zero attached hydrogens (tertiary/aromatic N) is 1. The van der Waals surface area contributed by atoms with Gasteiger partial charge in [-0.15, -0.1) is 0 Å². The number of benzene rings is 1. The molecule has 3 atom stereocenters. The van der Waals surface area contributed by atoms with Crippen LogP contribution >= 0.6 is 0 Å². The van der Waals surface area contributed by atoms with Crippen LogP contribution in [0, 0.1) is 0 Å². The summed E-state index contributed by atoms with van der Waals surface area (Å²) in [5, 5.41) is 5.47. The molecule has 0 aliphatic heterocycles.